The van der Waals surface area contributed by atoms with Crippen molar-refractivity contribution in [2.45, 2.75) is 39.1 Å². The van der Waals surface area contributed by atoms with E-state index in [1.165, 1.54) is 24.3 Å². The van der Waals surface area contributed by atoms with Gasteiger partial charge in [0.2, 0.25) is 5.91 Å². The van der Waals surface area contributed by atoms with Crippen LogP contribution in [0.4, 0.5) is 18.9 Å². The number of hydrogen-bond acceptors (Lipinski definition) is 3. The Balaban J connectivity index is 2.49. The van der Waals surface area contributed by atoms with E-state index in [0.29, 0.717) is 12.2 Å². The first kappa shape index (κ1) is 17.1. The molecule has 0 saturated heterocycles. The van der Waals surface area contributed by atoms with Gasteiger partial charge in [0.1, 0.15) is 11.8 Å². The van der Waals surface area contributed by atoms with Crippen molar-refractivity contribution in [1.29, 1.82) is 0 Å². The van der Waals surface area contributed by atoms with E-state index in [1.54, 1.807) is 6.92 Å². The van der Waals surface area contributed by atoms with Crippen molar-refractivity contribution < 1.29 is 22.7 Å². The minimum atomic E-state index is -4.71. The van der Waals surface area contributed by atoms with E-state index in [0.717, 1.165) is 12.8 Å². The van der Waals surface area contributed by atoms with Gasteiger partial charge in [-0.25, -0.2) is 0 Å². The van der Waals surface area contributed by atoms with Crippen LogP contribution in [0, 0.1) is 0 Å². The average molecular weight is 304 g/mol. The molecule has 4 nitrogen and oxygen atoms in total. The monoisotopic (exact) mass is 304 g/mol. The van der Waals surface area contributed by atoms with Crippen LogP contribution in [0.3, 0.4) is 0 Å². The maximum absolute atomic E-state index is 12.0. The number of rotatable bonds is 7. The lowest BCUT2D eigenvalue weighted by molar-refractivity contribution is -0.274. The number of amides is 1. The van der Waals surface area contributed by atoms with Crippen molar-refractivity contribution >= 4 is 11.6 Å². The van der Waals surface area contributed by atoms with Gasteiger partial charge in [-0.05, 0) is 37.6 Å². The van der Waals surface area contributed by atoms with Crippen LogP contribution in [-0.2, 0) is 4.79 Å². The summed E-state index contributed by atoms with van der Waals surface area (Å²) < 4.78 is 39.8. The van der Waals surface area contributed by atoms with Gasteiger partial charge in [-0.1, -0.05) is 13.3 Å². The number of nitrogens with one attached hydrogen (secondary N) is 2. The standard InChI is InChI=1S/C14H19F3N2O2/c1-3-4-9-18-13(20)10(2)19-11-5-7-12(8-6-11)21-14(15,16)17/h5-8,10,19H,3-4,9H2,1-2H3,(H,18,20). The Labute approximate surface area is 121 Å². The number of alkyl halides is 3. The summed E-state index contributed by atoms with van der Waals surface area (Å²) in [5, 5.41) is 5.68. The predicted molar refractivity (Wildman–Crippen MR) is 74.1 cm³/mol. The molecule has 118 valence electrons. The lowest BCUT2D eigenvalue weighted by Gasteiger charge is -2.15. The number of ether oxygens (including phenoxy) is 1. The van der Waals surface area contributed by atoms with Gasteiger partial charge in [-0.3, -0.25) is 4.79 Å². The van der Waals surface area contributed by atoms with Crippen LogP contribution in [0.5, 0.6) is 5.75 Å². The maximum atomic E-state index is 12.0. The van der Waals surface area contributed by atoms with E-state index in [4.69, 9.17) is 0 Å². The van der Waals surface area contributed by atoms with Crippen LogP contribution in [0.25, 0.3) is 0 Å². The highest BCUT2D eigenvalue weighted by Gasteiger charge is 2.30. The largest absolute Gasteiger partial charge is 0.573 e. The lowest BCUT2D eigenvalue weighted by atomic mass is 10.2. The Kier molecular flexibility index (Phi) is 6.33. The third-order valence-electron chi connectivity index (χ3n) is 2.69. The van der Waals surface area contributed by atoms with Crippen LogP contribution in [0.1, 0.15) is 26.7 Å². The van der Waals surface area contributed by atoms with Gasteiger partial charge in [0, 0.05) is 12.2 Å². The zero-order chi connectivity index (χ0) is 15.9. The molecule has 0 aliphatic heterocycles. The molecule has 2 N–H and O–H groups in total. The second kappa shape index (κ2) is 7.75. The molecular formula is C14H19F3N2O2. The Bertz CT molecular complexity index is 447. The molecule has 1 atom stereocenters. The summed E-state index contributed by atoms with van der Waals surface area (Å²) in [5.41, 5.74) is 0.544. The average Bonchev–Trinajstić information content (AvgIpc) is 2.39. The van der Waals surface area contributed by atoms with Crippen molar-refractivity contribution in [3.05, 3.63) is 24.3 Å². The minimum Gasteiger partial charge on any atom is -0.406 e. The van der Waals surface area contributed by atoms with E-state index in [-0.39, 0.29) is 11.7 Å². The first-order chi connectivity index (χ1) is 9.81. The van der Waals surface area contributed by atoms with Gasteiger partial charge in [0.05, 0.1) is 0 Å². The molecule has 21 heavy (non-hydrogen) atoms. The van der Waals surface area contributed by atoms with Crippen LogP contribution in [0.2, 0.25) is 0 Å². The van der Waals surface area contributed by atoms with Crippen LogP contribution >= 0.6 is 0 Å². The zero-order valence-corrected chi connectivity index (χ0v) is 12.0. The second-order valence-corrected chi connectivity index (χ2v) is 4.58. The van der Waals surface area contributed by atoms with Gasteiger partial charge in [-0.2, -0.15) is 0 Å². The smallest absolute Gasteiger partial charge is 0.406 e. The summed E-state index contributed by atoms with van der Waals surface area (Å²) >= 11 is 0. The van der Waals surface area contributed by atoms with E-state index in [9.17, 15) is 18.0 Å². The Hall–Kier alpha value is -1.92. The highest BCUT2D eigenvalue weighted by atomic mass is 19.4. The van der Waals surface area contributed by atoms with Gasteiger partial charge in [-0.15, -0.1) is 13.2 Å². The highest BCUT2D eigenvalue weighted by Crippen LogP contribution is 2.24. The quantitative estimate of drug-likeness (QED) is 0.760. The van der Waals surface area contributed by atoms with Crippen molar-refractivity contribution in [2.75, 3.05) is 11.9 Å². The van der Waals surface area contributed by atoms with Crippen LogP contribution < -0.4 is 15.4 Å². The molecule has 0 bridgehead atoms. The Morgan fingerprint density at radius 2 is 1.90 bits per heavy atom. The van der Waals surface area contributed by atoms with Gasteiger partial charge >= 0.3 is 6.36 Å². The normalized spacial score (nSPS) is 12.6. The number of unbranched alkanes of at least 4 members (excludes halogenated alkanes) is 1. The molecule has 0 saturated carbocycles. The van der Waals surface area contributed by atoms with E-state index < -0.39 is 12.4 Å². The lowest BCUT2D eigenvalue weighted by Crippen LogP contribution is -2.37. The summed E-state index contributed by atoms with van der Waals surface area (Å²) in [7, 11) is 0. The van der Waals surface area contributed by atoms with E-state index in [1.807, 2.05) is 6.92 Å². The molecule has 1 unspecified atom stereocenters. The zero-order valence-electron chi connectivity index (χ0n) is 12.0. The van der Waals surface area contributed by atoms with E-state index in [2.05, 4.69) is 15.4 Å². The molecular weight excluding hydrogens is 285 g/mol. The summed E-state index contributed by atoms with van der Waals surface area (Å²) in [6.07, 6.45) is -2.81. The summed E-state index contributed by atoms with van der Waals surface area (Å²) in [5.74, 6) is -0.452. The summed E-state index contributed by atoms with van der Waals surface area (Å²) in [4.78, 5) is 11.7. The molecule has 0 aliphatic carbocycles. The molecule has 1 amide bonds. The van der Waals surface area contributed by atoms with Gasteiger partial charge in [0.15, 0.2) is 0 Å². The topological polar surface area (TPSA) is 50.4 Å². The number of anilines is 1. The third kappa shape index (κ3) is 6.87. The van der Waals surface area contributed by atoms with Crippen molar-refractivity contribution in [2.24, 2.45) is 0 Å². The van der Waals surface area contributed by atoms with Gasteiger partial charge in [0.25, 0.3) is 0 Å². The molecule has 1 rings (SSSR count). The highest BCUT2D eigenvalue weighted by molar-refractivity contribution is 5.84. The molecule has 1 aromatic rings. The molecule has 7 heteroatoms. The van der Waals surface area contributed by atoms with Crippen molar-refractivity contribution in [3.63, 3.8) is 0 Å². The predicted octanol–water partition coefficient (Wildman–Crippen LogP) is 3.30. The van der Waals surface area contributed by atoms with Crippen molar-refractivity contribution in [1.82, 2.24) is 5.32 Å². The fraction of sp³-hybridized carbons (Fsp3) is 0.500. The molecule has 0 fully saturated rings. The van der Waals surface area contributed by atoms with E-state index >= 15 is 0 Å². The van der Waals surface area contributed by atoms with Gasteiger partial charge < -0.3 is 15.4 Å². The molecule has 0 aromatic heterocycles. The fourth-order valence-corrected chi connectivity index (χ4v) is 1.61. The first-order valence-electron chi connectivity index (χ1n) is 6.72. The number of halogens is 3. The molecule has 1 aromatic carbocycles. The number of carbonyl (C=O) groups excluding carboxylic acids is 1. The number of carbonyl (C=O) groups is 1. The van der Waals surface area contributed by atoms with Crippen LogP contribution in [0.15, 0.2) is 24.3 Å². The maximum Gasteiger partial charge on any atom is 0.573 e. The fourth-order valence-electron chi connectivity index (χ4n) is 1.61. The molecule has 0 heterocycles. The summed E-state index contributed by atoms with van der Waals surface area (Å²) in [6, 6.07) is 4.76. The number of hydrogen-bond donors (Lipinski definition) is 2. The van der Waals surface area contributed by atoms with Crippen LogP contribution in [-0.4, -0.2) is 24.9 Å². The molecule has 0 radical (unpaired) electrons. The Morgan fingerprint density at radius 3 is 2.43 bits per heavy atom. The Morgan fingerprint density at radius 1 is 1.29 bits per heavy atom. The molecule has 0 aliphatic rings. The van der Waals surface area contributed by atoms with Crippen molar-refractivity contribution in [3.8, 4) is 5.75 Å². The molecule has 0 spiro atoms. The minimum absolute atomic E-state index is 0.154. The number of benzene rings is 1. The third-order valence-corrected chi connectivity index (χ3v) is 2.69. The second-order valence-electron chi connectivity index (χ2n) is 4.58. The summed E-state index contributed by atoms with van der Waals surface area (Å²) in [6.45, 7) is 4.32. The first-order valence-corrected chi connectivity index (χ1v) is 6.72. The SMILES string of the molecule is CCCCNC(=O)C(C)Nc1ccc(OC(F)(F)F)cc1.